The van der Waals surface area contributed by atoms with E-state index in [1.54, 1.807) is 12.1 Å². The molecule has 6 heteroatoms. The number of benzene rings is 1. The second-order valence-corrected chi connectivity index (χ2v) is 6.38. The molecule has 0 bridgehead atoms. The number of amides is 2. The van der Waals surface area contributed by atoms with Crippen LogP contribution in [-0.2, 0) is 4.79 Å². The van der Waals surface area contributed by atoms with E-state index in [0.717, 1.165) is 29.9 Å². The molecule has 0 radical (unpaired) electrons. The lowest BCUT2D eigenvalue weighted by molar-refractivity contribution is -0.135. The van der Waals surface area contributed by atoms with Crippen molar-refractivity contribution >= 4 is 29.4 Å². The number of hydrogen-bond donors (Lipinski definition) is 2. The molecule has 1 aliphatic rings. The number of thioether (sulfide) groups is 1. The summed E-state index contributed by atoms with van der Waals surface area (Å²) in [5.74, 6) is 1.05. The highest BCUT2D eigenvalue weighted by Crippen LogP contribution is 2.19. The number of anilines is 1. The van der Waals surface area contributed by atoms with Gasteiger partial charge in [0.05, 0.1) is 0 Å². The molecular formula is C15H20N2O3S. The Bertz CT molecular complexity index is 498. The fourth-order valence-corrected chi connectivity index (χ4v) is 3.34. The molecule has 114 valence electrons. The summed E-state index contributed by atoms with van der Waals surface area (Å²) in [5.41, 5.74) is 1.67. The fraction of sp³-hybridized carbons (Fsp3) is 0.467. The minimum Gasteiger partial charge on any atom is -0.480 e. The molecule has 5 nitrogen and oxygen atoms in total. The van der Waals surface area contributed by atoms with Gasteiger partial charge in [-0.1, -0.05) is 17.7 Å². The van der Waals surface area contributed by atoms with Gasteiger partial charge in [0.2, 0.25) is 0 Å². The van der Waals surface area contributed by atoms with Crippen molar-refractivity contribution in [3.8, 4) is 0 Å². The maximum Gasteiger partial charge on any atom is 0.323 e. The van der Waals surface area contributed by atoms with Gasteiger partial charge in [0, 0.05) is 11.7 Å². The number of aliphatic carboxylic acids is 1. The second-order valence-electron chi connectivity index (χ2n) is 5.15. The van der Waals surface area contributed by atoms with Gasteiger partial charge in [0.1, 0.15) is 6.54 Å². The minimum absolute atomic E-state index is 0.139. The number of rotatable bonds is 4. The number of aryl methyl sites for hydroxylation is 1. The first-order valence-electron chi connectivity index (χ1n) is 7.00. The number of nitrogens with zero attached hydrogens (tertiary/aromatic N) is 1. The molecule has 0 aromatic heterocycles. The lowest BCUT2D eigenvalue weighted by Crippen LogP contribution is -2.48. The highest BCUT2D eigenvalue weighted by molar-refractivity contribution is 7.99. The topological polar surface area (TPSA) is 69.6 Å². The average Bonchev–Trinajstić information content (AvgIpc) is 2.46. The van der Waals surface area contributed by atoms with Crippen LogP contribution in [0.15, 0.2) is 24.3 Å². The Morgan fingerprint density at radius 3 is 2.48 bits per heavy atom. The monoisotopic (exact) mass is 308 g/mol. The summed E-state index contributed by atoms with van der Waals surface area (Å²) in [6.07, 6.45) is 1.87. The zero-order chi connectivity index (χ0) is 15.2. The number of carboxylic acids is 1. The van der Waals surface area contributed by atoms with Crippen LogP contribution in [0.2, 0.25) is 0 Å². The van der Waals surface area contributed by atoms with Crippen LogP contribution in [0.5, 0.6) is 0 Å². The Labute approximate surface area is 128 Å². The Kier molecular flexibility index (Phi) is 5.50. The van der Waals surface area contributed by atoms with E-state index >= 15 is 0 Å². The number of hydrogen-bond acceptors (Lipinski definition) is 3. The lowest BCUT2D eigenvalue weighted by Gasteiger charge is -2.27. The van der Waals surface area contributed by atoms with E-state index in [9.17, 15) is 9.59 Å². The summed E-state index contributed by atoms with van der Waals surface area (Å²) in [5, 5.41) is 12.0. The Balaban J connectivity index is 2.08. The minimum atomic E-state index is -1.02. The number of carbonyl (C=O) groups excluding carboxylic acids is 1. The quantitative estimate of drug-likeness (QED) is 0.896. The number of urea groups is 1. The van der Waals surface area contributed by atoms with E-state index in [2.05, 4.69) is 5.32 Å². The van der Waals surface area contributed by atoms with Gasteiger partial charge < -0.3 is 10.4 Å². The van der Waals surface area contributed by atoms with Crippen molar-refractivity contribution in [2.45, 2.75) is 25.8 Å². The third kappa shape index (κ3) is 4.67. The average molecular weight is 308 g/mol. The molecule has 0 saturated carbocycles. The standard InChI is InChI=1S/C15H20N2O3S/c1-11-2-4-13(5-3-11)17(10-14(18)19)15(20)16-12-6-8-21-9-7-12/h2-5,12H,6-10H2,1H3,(H,16,20)(H,18,19). The van der Waals surface area contributed by atoms with Gasteiger partial charge in [-0.25, -0.2) is 4.79 Å². The Hall–Kier alpha value is -1.69. The summed E-state index contributed by atoms with van der Waals surface area (Å²) in [6, 6.07) is 7.09. The molecule has 2 rings (SSSR count). The predicted molar refractivity (Wildman–Crippen MR) is 85.0 cm³/mol. The van der Waals surface area contributed by atoms with Gasteiger partial charge in [-0.15, -0.1) is 0 Å². The van der Waals surface area contributed by atoms with Crippen molar-refractivity contribution in [1.82, 2.24) is 5.32 Å². The van der Waals surface area contributed by atoms with Gasteiger partial charge >= 0.3 is 12.0 Å². The van der Waals surface area contributed by atoms with E-state index in [-0.39, 0.29) is 18.6 Å². The van der Waals surface area contributed by atoms with Crippen molar-refractivity contribution in [1.29, 1.82) is 0 Å². The Morgan fingerprint density at radius 2 is 1.90 bits per heavy atom. The van der Waals surface area contributed by atoms with Crippen LogP contribution < -0.4 is 10.2 Å². The van der Waals surface area contributed by atoms with E-state index < -0.39 is 5.97 Å². The molecule has 0 atom stereocenters. The molecule has 2 N–H and O–H groups in total. The predicted octanol–water partition coefficient (Wildman–Crippen LogP) is 2.49. The molecule has 0 unspecified atom stereocenters. The van der Waals surface area contributed by atoms with Crippen LogP contribution >= 0.6 is 11.8 Å². The molecule has 1 fully saturated rings. The summed E-state index contributed by atoms with van der Waals surface area (Å²) < 4.78 is 0. The zero-order valence-corrected chi connectivity index (χ0v) is 12.9. The van der Waals surface area contributed by atoms with Crippen LogP contribution in [0.3, 0.4) is 0 Å². The number of nitrogens with one attached hydrogen (secondary N) is 1. The number of carbonyl (C=O) groups is 2. The molecule has 0 spiro atoms. The molecule has 0 aliphatic carbocycles. The maximum absolute atomic E-state index is 12.4. The zero-order valence-electron chi connectivity index (χ0n) is 12.0. The van der Waals surface area contributed by atoms with Crippen molar-refractivity contribution in [3.63, 3.8) is 0 Å². The van der Waals surface area contributed by atoms with Gasteiger partial charge in [-0.3, -0.25) is 9.69 Å². The summed E-state index contributed by atoms with van der Waals surface area (Å²) in [4.78, 5) is 24.7. The van der Waals surface area contributed by atoms with Gasteiger partial charge in [0.25, 0.3) is 0 Å². The van der Waals surface area contributed by atoms with Crippen molar-refractivity contribution in [3.05, 3.63) is 29.8 Å². The third-order valence-corrected chi connectivity index (χ3v) is 4.48. The molecule has 1 aromatic rings. The van der Waals surface area contributed by atoms with E-state index in [0.29, 0.717) is 5.69 Å². The first-order chi connectivity index (χ1) is 10.1. The van der Waals surface area contributed by atoms with Gasteiger partial charge in [-0.2, -0.15) is 11.8 Å². The number of carboxylic acid groups (broad SMARTS) is 1. The summed E-state index contributed by atoms with van der Waals surface area (Å²) in [6.45, 7) is 1.61. The van der Waals surface area contributed by atoms with Crippen LogP contribution in [0.1, 0.15) is 18.4 Å². The van der Waals surface area contributed by atoms with E-state index in [1.807, 2.05) is 30.8 Å². The molecule has 1 saturated heterocycles. The van der Waals surface area contributed by atoms with Crippen molar-refractivity contribution in [2.75, 3.05) is 23.0 Å². The van der Waals surface area contributed by atoms with Crippen LogP contribution in [0.25, 0.3) is 0 Å². The summed E-state index contributed by atoms with van der Waals surface area (Å²) in [7, 11) is 0. The lowest BCUT2D eigenvalue weighted by atomic mass is 10.1. The van der Waals surface area contributed by atoms with E-state index in [1.165, 1.54) is 4.90 Å². The highest BCUT2D eigenvalue weighted by atomic mass is 32.2. The highest BCUT2D eigenvalue weighted by Gasteiger charge is 2.22. The second kappa shape index (κ2) is 7.36. The van der Waals surface area contributed by atoms with E-state index in [4.69, 9.17) is 5.11 Å². The molecular weight excluding hydrogens is 288 g/mol. The molecule has 21 heavy (non-hydrogen) atoms. The first kappa shape index (κ1) is 15.7. The van der Waals surface area contributed by atoms with Gasteiger partial charge in [0.15, 0.2) is 0 Å². The third-order valence-electron chi connectivity index (χ3n) is 3.43. The van der Waals surface area contributed by atoms with Crippen molar-refractivity contribution < 1.29 is 14.7 Å². The SMILES string of the molecule is Cc1ccc(N(CC(=O)O)C(=O)NC2CCSCC2)cc1. The molecule has 1 aromatic carbocycles. The maximum atomic E-state index is 12.4. The molecule has 1 heterocycles. The first-order valence-corrected chi connectivity index (χ1v) is 8.16. The fourth-order valence-electron chi connectivity index (χ4n) is 2.23. The van der Waals surface area contributed by atoms with Crippen LogP contribution in [-0.4, -0.2) is 41.2 Å². The Morgan fingerprint density at radius 1 is 1.29 bits per heavy atom. The van der Waals surface area contributed by atoms with Crippen molar-refractivity contribution in [2.24, 2.45) is 0 Å². The van der Waals surface area contributed by atoms with Crippen LogP contribution in [0.4, 0.5) is 10.5 Å². The van der Waals surface area contributed by atoms with Crippen LogP contribution in [0, 0.1) is 6.92 Å². The largest absolute Gasteiger partial charge is 0.480 e. The van der Waals surface area contributed by atoms with Gasteiger partial charge in [-0.05, 0) is 43.4 Å². The normalized spacial score (nSPS) is 15.5. The molecule has 1 aliphatic heterocycles. The summed E-state index contributed by atoms with van der Waals surface area (Å²) >= 11 is 1.88. The molecule has 2 amide bonds. The smallest absolute Gasteiger partial charge is 0.323 e.